The monoisotopic (exact) mass is 328 g/mol. The third kappa shape index (κ3) is 2.54. The first-order chi connectivity index (χ1) is 9.95. The van der Waals surface area contributed by atoms with Crippen molar-refractivity contribution in [3.8, 4) is 11.4 Å². The molecule has 2 nitrogen and oxygen atoms in total. The van der Waals surface area contributed by atoms with E-state index in [1.54, 1.807) is 18.2 Å². The Morgan fingerprint density at radius 3 is 2.19 bits per heavy atom. The van der Waals surface area contributed by atoms with Gasteiger partial charge in [-0.25, -0.2) is 23.1 Å². The topological polar surface area (TPSA) is 25.8 Å². The summed E-state index contributed by atoms with van der Waals surface area (Å²) in [6, 6.07) is 5.77. The number of benzene rings is 2. The van der Waals surface area contributed by atoms with Crippen LogP contribution >= 0.6 is 23.2 Å². The maximum atomic E-state index is 13.8. The van der Waals surface area contributed by atoms with E-state index in [9.17, 15) is 13.2 Å². The summed E-state index contributed by atoms with van der Waals surface area (Å²) < 4.78 is 40.5. The lowest BCUT2D eigenvalue weighted by Crippen LogP contribution is -1.98. The van der Waals surface area contributed by atoms with Crippen LogP contribution in [0.15, 0.2) is 30.3 Å². The summed E-state index contributed by atoms with van der Waals surface area (Å²) >= 11 is 11.8. The van der Waals surface area contributed by atoms with Crippen LogP contribution in [0.25, 0.3) is 22.3 Å². The van der Waals surface area contributed by atoms with E-state index in [1.807, 2.05) is 0 Å². The summed E-state index contributed by atoms with van der Waals surface area (Å²) in [6.07, 6.45) is 0. The lowest BCUT2D eigenvalue weighted by molar-refractivity contribution is 0.547. The maximum Gasteiger partial charge on any atom is 0.167 e. The van der Waals surface area contributed by atoms with Crippen molar-refractivity contribution in [2.75, 3.05) is 0 Å². The molecular weight excluding hydrogens is 324 g/mol. The minimum atomic E-state index is -1.10. The van der Waals surface area contributed by atoms with E-state index in [2.05, 4.69) is 9.97 Å². The standard InChI is InChI=1S/C14H5Cl2F3N2/c15-6-1-2-11-8(3-6)13(16)21-14(20-11)12-9(18)4-7(17)5-10(12)19/h1-5H. The Morgan fingerprint density at radius 2 is 1.52 bits per heavy atom. The zero-order valence-electron chi connectivity index (χ0n) is 10.2. The highest BCUT2D eigenvalue weighted by molar-refractivity contribution is 6.35. The first-order valence-corrected chi connectivity index (χ1v) is 6.49. The van der Waals surface area contributed by atoms with Gasteiger partial charge in [-0.15, -0.1) is 0 Å². The predicted octanol–water partition coefficient (Wildman–Crippen LogP) is 5.02. The Labute approximate surface area is 127 Å². The molecule has 21 heavy (non-hydrogen) atoms. The number of hydrogen-bond donors (Lipinski definition) is 0. The minimum absolute atomic E-state index is 0.000579. The normalized spacial score (nSPS) is 11.1. The molecule has 3 rings (SSSR count). The van der Waals surface area contributed by atoms with Crippen molar-refractivity contribution < 1.29 is 13.2 Å². The average Bonchev–Trinajstić information content (AvgIpc) is 2.38. The summed E-state index contributed by atoms with van der Waals surface area (Å²) in [6.45, 7) is 0. The summed E-state index contributed by atoms with van der Waals surface area (Å²) in [5.41, 5.74) is -0.160. The van der Waals surface area contributed by atoms with Gasteiger partial charge in [-0.1, -0.05) is 23.2 Å². The van der Waals surface area contributed by atoms with Gasteiger partial charge in [0.15, 0.2) is 5.82 Å². The summed E-state index contributed by atoms with van der Waals surface area (Å²) in [5.74, 6) is -3.48. The zero-order chi connectivity index (χ0) is 15.1. The summed E-state index contributed by atoms with van der Waals surface area (Å²) in [4.78, 5) is 7.90. The van der Waals surface area contributed by atoms with Crippen LogP contribution in [0.2, 0.25) is 10.2 Å². The Balaban J connectivity index is 2.29. The smallest absolute Gasteiger partial charge is 0.167 e. The highest BCUT2D eigenvalue weighted by atomic mass is 35.5. The molecule has 0 saturated heterocycles. The van der Waals surface area contributed by atoms with Crippen molar-refractivity contribution in [3.63, 3.8) is 0 Å². The second-order valence-electron chi connectivity index (χ2n) is 4.24. The van der Waals surface area contributed by atoms with Gasteiger partial charge in [0.25, 0.3) is 0 Å². The molecule has 0 spiro atoms. The fourth-order valence-electron chi connectivity index (χ4n) is 1.93. The van der Waals surface area contributed by atoms with Crippen molar-refractivity contribution in [1.29, 1.82) is 0 Å². The van der Waals surface area contributed by atoms with Crippen LogP contribution in [-0.4, -0.2) is 9.97 Å². The third-order valence-corrected chi connectivity index (χ3v) is 3.36. The molecule has 0 bridgehead atoms. The molecule has 0 amide bonds. The largest absolute Gasteiger partial charge is 0.228 e. The van der Waals surface area contributed by atoms with Gasteiger partial charge >= 0.3 is 0 Å². The van der Waals surface area contributed by atoms with Gasteiger partial charge < -0.3 is 0 Å². The number of nitrogens with zero attached hydrogens (tertiary/aromatic N) is 2. The van der Waals surface area contributed by atoms with Crippen LogP contribution in [0.5, 0.6) is 0 Å². The molecule has 0 atom stereocenters. The van der Waals surface area contributed by atoms with Gasteiger partial charge in [0.2, 0.25) is 0 Å². The number of fused-ring (bicyclic) bond motifs is 1. The molecule has 0 radical (unpaired) electrons. The van der Waals surface area contributed by atoms with Crippen molar-refractivity contribution in [1.82, 2.24) is 9.97 Å². The Bertz CT molecular complexity index is 845. The van der Waals surface area contributed by atoms with Gasteiger partial charge in [-0.2, -0.15) is 0 Å². The summed E-state index contributed by atoms with van der Waals surface area (Å²) in [7, 11) is 0. The van der Waals surface area contributed by atoms with Crippen LogP contribution in [0, 0.1) is 17.5 Å². The maximum absolute atomic E-state index is 13.8. The van der Waals surface area contributed by atoms with E-state index in [1.165, 1.54) is 0 Å². The zero-order valence-corrected chi connectivity index (χ0v) is 11.7. The Kier molecular flexibility index (Phi) is 3.47. The number of halogens is 5. The molecule has 0 saturated carbocycles. The fourth-order valence-corrected chi connectivity index (χ4v) is 2.33. The molecule has 0 N–H and O–H groups in total. The number of aromatic nitrogens is 2. The van der Waals surface area contributed by atoms with E-state index in [0.29, 0.717) is 28.1 Å². The van der Waals surface area contributed by atoms with E-state index in [-0.39, 0.29) is 11.0 Å². The molecule has 0 aliphatic heterocycles. The van der Waals surface area contributed by atoms with Gasteiger partial charge in [0, 0.05) is 22.5 Å². The van der Waals surface area contributed by atoms with Crippen LogP contribution in [-0.2, 0) is 0 Å². The first-order valence-electron chi connectivity index (χ1n) is 5.73. The van der Waals surface area contributed by atoms with Crippen molar-refractivity contribution in [2.24, 2.45) is 0 Å². The van der Waals surface area contributed by atoms with Gasteiger partial charge in [0.05, 0.1) is 11.1 Å². The van der Waals surface area contributed by atoms with E-state index in [0.717, 1.165) is 0 Å². The van der Waals surface area contributed by atoms with Gasteiger partial charge in [-0.05, 0) is 18.2 Å². The lowest BCUT2D eigenvalue weighted by atomic mass is 10.1. The van der Waals surface area contributed by atoms with Crippen molar-refractivity contribution >= 4 is 34.1 Å². The number of rotatable bonds is 1. The van der Waals surface area contributed by atoms with Crippen LogP contribution in [0.1, 0.15) is 0 Å². The molecule has 0 aliphatic carbocycles. The van der Waals surface area contributed by atoms with Crippen LogP contribution in [0.3, 0.4) is 0 Å². The first kappa shape index (κ1) is 14.1. The third-order valence-electron chi connectivity index (χ3n) is 2.84. The van der Waals surface area contributed by atoms with Crippen molar-refractivity contribution in [2.45, 2.75) is 0 Å². The number of hydrogen-bond acceptors (Lipinski definition) is 2. The van der Waals surface area contributed by atoms with E-state index in [4.69, 9.17) is 23.2 Å². The van der Waals surface area contributed by atoms with Crippen LogP contribution < -0.4 is 0 Å². The van der Waals surface area contributed by atoms with Crippen LogP contribution in [0.4, 0.5) is 13.2 Å². The Hall–Kier alpha value is -1.85. The van der Waals surface area contributed by atoms with E-state index >= 15 is 0 Å². The lowest BCUT2D eigenvalue weighted by Gasteiger charge is -2.07. The van der Waals surface area contributed by atoms with Gasteiger partial charge in [-0.3, -0.25) is 0 Å². The average molecular weight is 329 g/mol. The predicted molar refractivity (Wildman–Crippen MR) is 74.9 cm³/mol. The molecule has 2 aromatic carbocycles. The fraction of sp³-hybridized carbons (Fsp3) is 0. The molecule has 7 heteroatoms. The second kappa shape index (κ2) is 5.16. The highest BCUT2D eigenvalue weighted by Crippen LogP contribution is 2.29. The quantitative estimate of drug-likeness (QED) is 0.586. The summed E-state index contributed by atoms with van der Waals surface area (Å²) in [5, 5.41) is 0.886. The molecule has 1 aromatic heterocycles. The molecule has 0 fully saturated rings. The Morgan fingerprint density at radius 1 is 0.857 bits per heavy atom. The van der Waals surface area contributed by atoms with E-state index < -0.39 is 23.0 Å². The molecular formula is C14H5Cl2F3N2. The van der Waals surface area contributed by atoms with Gasteiger partial charge in [0.1, 0.15) is 22.6 Å². The molecule has 1 heterocycles. The highest BCUT2D eigenvalue weighted by Gasteiger charge is 2.18. The molecule has 0 aliphatic rings. The molecule has 0 unspecified atom stereocenters. The molecule has 106 valence electrons. The second-order valence-corrected chi connectivity index (χ2v) is 5.04. The molecule has 3 aromatic rings. The SMILES string of the molecule is Fc1cc(F)c(-c2nc(Cl)c3cc(Cl)ccc3n2)c(F)c1. The van der Waals surface area contributed by atoms with Crippen molar-refractivity contribution in [3.05, 3.63) is 58.0 Å². The minimum Gasteiger partial charge on any atom is -0.228 e.